The van der Waals surface area contributed by atoms with E-state index in [1.807, 2.05) is 30.3 Å². The first-order valence-electron chi connectivity index (χ1n) is 7.45. The summed E-state index contributed by atoms with van der Waals surface area (Å²) in [5.74, 6) is 0.817. The Balaban J connectivity index is 1.78. The van der Waals surface area contributed by atoms with Crippen LogP contribution in [0.5, 0.6) is 0 Å². The Morgan fingerprint density at radius 3 is 2.58 bits per heavy atom. The van der Waals surface area contributed by atoms with E-state index in [4.69, 9.17) is 0 Å². The van der Waals surface area contributed by atoms with Crippen LogP contribution in [0.3, 0.4) is 0 Å². The molecule has 0 amide bonds. The molecular formula is C14H15N7O2S. The van der Waals surface area contributed by atoms with Crippen molar-refractivity contribution in [3.05, 3.63) is 36.5 Å². The third kappa shape index (κ3) is 2.35. The van der Waals surface area contributed by atoms with Crippen molar-refractivity contribution in [2.75, 3.05) is 10.8 Å². The molecule has 124 valence electrons. The first-order chi connectivity index (χ1) is 11.6. The molecule has 0 unspecified atom stereocenters. The van der Waals surface area contributed by atoms with E-state index < -0.39 is 10.0 Å². The fraction of sp³-hybridized carbons (Fsp3) is 0.286. The van der Waals surface area contributed by atoms with Crippen LogP contribution >= 0.6 is 0 Å². The monoisotopic (exact) mass is 345 g/mol. The minimum atomic E-state index is -3.81. The Labute approximate surface area is 138 Å². The third-order valence-corrected chi connectivity index (χ3v) is 5.41. The molecule has 0 radical (unpaired) electrons. The lowest BCUT2D eigenvalue weighted by Crippen LogP contribution is -2.38. The molecular weight excluding hydrogens is 330 g/mol. The van der Waals surface area contributed by atoms with Gasteiger partial charge in [0.1, 0.15) is 0 Å². The molecule has 0 fully saturated rings. The maximum Gasteiger partial charge on any atom is 0.287 e. The second-order valence-electron chi connectivity index (χ2n) is 5.43. The number of nitrogens with zero attached hydrogens (tertiary/aromatic N) is 7. The Bertz CT molecular complexity index is 978. The normalized spacial score (nSPS) is 14.6. The number of hydrogen-bond acceptors (Lipinski definition) is 6. The lowest BCUT2D eigenvalue weighted by Gasteiger charge is -2.25. The van der Waals surface area contributed by atoms with E-state index in [1.54, 1.807) is 11.7 Å². The highest BCUT2D eigenvalue weighted by Gasteiger charge is 2.34. The topological polar surface area (TPSA) is 98.8 Å². The fourth-order valence-electron chi connectivity index (χ4n) is 2.63. The molecule has 24 heavy (non-hydrogen) atoms. The van der Waals surface area contributed by atoms with Crippen LogP contribution in [-0.4, -0.2) is 44.7 Å². The molecule has 0 spiro atoms. The van der Waals surface area contributed by atoms with E-state index >= 15 is 0 Å². The molecule has 0 bridgehead atoms. The summed E-state index contributed by atoms with van der Waals surface area (Å²) in [4.78, 5) is 5.66. The predicted molar refractivity (Wildman–Crippen MR) is 85.6 cm³/mol. The number of benzene rings is 1. The van der Waals surface area contributed by atoms with Crippen LogP contribution in [0.25, 0.3) is 11.4 Å². The standard InChI is InChI=1S/C14H15N7O2S/c1-19-15-10-12(17-19)24(22,23)21-9-5-8-20-14(21)16-13(18-20)11-6-3-2-4-7-11/h2-4,6-7,10H,5,8-9H2,1H3. The molecule has 3 heterocycles. The van der Waals surface area contributed by atoms with E-state index in [-0.39, 0.29) is 5.03 Å². The second-order valence-corrected chi connectivity index (χ2v) is 7.24. The van der Waals surface area contributed by atoms with Crippen molar-refractivity contribution in [1.29, 1.82) is 0 Å². The number of anilines is 1. The van der Waals surface area contributed by atoms with Gasteiger partial charge in [-0.15, -0.1) is 10.2 Å². The van der Waals surface area contributed by atoms with Crippen molar-refractivity contribution >= 4 is 16.0 Å². The molecule has 1 aliphatic heterocycles. The summed E-state index contributed by atoms with van der Waals surface area (Å²) in [6.07, 6.45) is 1.90. The van der Waals surface area contributed by atoms with Crippen molar-refractivity contribution < 1.29 is 8.42 Å². The summed E-state index contributed by atoms with van der Waals surface area (Å²) in [7, 11) is -2.23. The number of hydrogen-bond donors (Lipinski definition) is 0. The van der Waals surface area contributed by atoms with Gasteiger partial charge in [0.25, 0.3) is 10.0 Å². The molecule has 3 aromatic rings. The minimum absolute atomic E-state index is 0.0947. The number of fused-ring (bicyclic) bond motifs is 1. The van der Waals surface area contributed by atoms with Crippen LogP contribution in [0.1, 0.15) is 6.42 Å². The van der Waals surface area contributed by atoms with Gasteiger partial charge in [0, 0.05) is 25.7 Å². The number of rotatable bonds is 3. The van der Waals surface area contributed by atoms with E-state index in [2.05, 4.69) is 20.3 Å². The molecule has 0 saturated carbocycles. The molecule has 0 N–H and O–H groups in total. The van der Waals surface area contributed by atoms with Gasteiger partial charge in [-0.3, -0.25) is 0 Å². The van der Waals surface area contributed by atoms with Gasteiger partial charge in [-0.1, -0.05) is 30.3 Å². The highest BCUT2D eigenvalue weighted by molar-refractivity contribution is 7.92. The largest absolute Gasteiger partial charge is 0.287 e. The SMILES string of the molecule is Cn1ncc(S(=O)(=O)N2CCCn3nc(-c4ccccc4)nc32)n1. The van der Waals surface area contributed by atoms with Crippen LogP contribution in [0.2, 0.25) is 0 Å². The van der Waals surface area contributed by atoms with Gasteiger partial charge in [0.15, 0.2) is 5.82 Å². The quantitative estimate of drug-likeness (QED) is 0.692. The Morgan fingerprint density at radius 2 is 1.88 bits per heavy atom. The van der Waals surface area contributed by atoms with Crippen molar-refractivity contribution in [2.24, 2.45) is 7.05 Å². The summed E-state index contributed by atoms with van der Waals surface area (Å²) in [6, 6.07) is 9.48. The Morgan fingerprint density at radius 1 is 1.08 bits per heavy atom. The minimum Gasteiger partial charge on any atom is -0.232 e. The van der Waals surface area contributed by atoms with Gasteiger partial charge in [0.2, 0.25) is 11.0 Å². The second kappa shape index (κ2) is 5.41. The first-order valence-corrected chi connectivity index (χ1v) is 8.89. The van der Waals surface area contributed by atoms with Gasteiger partial charge in [-0.05, 0) is 6.42 Å². The number of aryl methyl sites for hydroxylation is 2. The molecule has 1 aromatic carbocycles. The third-order valence-electron chi connectivity index (χ3n) is 3.77. The molecule has 9 nitrogen and oxygen atoms in total. The van der Waals surface area contributed by atoms with Crippen molar-refractivity contribution in [1.82, 2.24) is 29.8 Å². The summed E-state index contributed by atoms with van der Waals surface area (Å²) < 4.78 is 28.6. The Hall–Kier alpha value is -2.75. The maximum absolute atomic E-state index is 12.8. The van der Waals surface area contributed by atoms with E-state index in [0.29, 0.717) is 31.3 Å². The molecule has 0 aliphatic carbocycles. The van der Waals surface area contributed by atoms with Crippen LogP contribution in [0.15, 0.2) is 41.6 Å². The van der Waals surface area contributed by atoms with Gasteiger partial charge in [-0.25, -0.2) is 8.99 Å². The molecule has 0 saturated heterocycles. The molecule has 10 heteroatoms. The first kappa shape index (κ1) is 14.8. The van der Waals surface area contributed by atoms with E-state index in [1.165, 1.54) is 15.3 Å². The van der Waals surface area contributed by atoms with Crippen LogP contribution in [-0.2, 0) is 23.6 Å². The zero-order valence-corrected chi connectivity index (χ0v) is 13.8. The van der Waals surface area contributed by atoms with Gasteiger partial charge in [0.05, 0.1) is 6.20 Å². The number of aromatic nitrogens is 6. The summed E-state index contributed by atoms with van der Waals surface area (Å²) >= 11 is 0. The highest BCUT2D eigenvalue weighted by atomic mass is 32.2. The molecule has 4 rings (SSSR count). The van der Waals surface area contributed by atoms with Gasteiger partial charge < -0.3 is 0 Å². The average Bonchev–Trinajstić information content (AvgIpc) is 3.21. The molecule has 0 atom stereocenters. The predicted octanol–water partition coefficient (Wildman–Crippen LogP) is 0.673. The van der Waals surface area contributed by atoms with Gasteiger partial charge in [-0.2, -0.15) is 23.3 Å². The maximum atomic E-state index is 12.8. The van der Waals surface area contributed by atoms with Crippen LogP contribution in [0, 0.1) is 0 Å². The average molecular weight is 345 g/mol. The zero-order valence-electron chi connectivity index (χ0n) is 12.9. The smallest absolute Gasteiger partial charge is 0.232 e. The zero-order chi connectivity index (χ0) is 16.7. The van der Waals surface area contributed by atoms with Crippen LogP contribution in [0.4, 0.5) is 5.95 Å². The summed E-state index contributed by atoms with van der Waals surface area (Å²) in [5.41, 5.74) is 0.844. The summed E-state index contributed by atoms with van der Waals surface area (Å²) in [6.45, 7) is 0.966. The number of sulfonamides is 1. The summed E-state index contributed by atoms with van der Waals surface area (Å²) in [5, 5.41) is 12.1. The lowest BCUT2D eigenvalue weighted by atomic mass is 10.2. The lowest BCUT2D eigenvalue weighted by molar-refractivity contribution is 0.527. The van der Waals surface area contributed by atoms with Crippen molar-refractivity contribution in [3.8, 4) is 11.4 Å². The van der Waals surface area contributed by atoms with Crippen molar-refractivity contribution in [2.45, 2.75) is 18.0 Å². The fourth-order valence-corrected chi connectivity index (χ4v) is 3.97. The Kier molecular flexibility index (Phi) is 3.34. The molecule has 2 aromatic heterocycles. The van der Waals surface area contributed by atoms with E-state index in [0.717, 1.165) is 5.56 Å². The van der Waals surface area contributed by atoms with E-state index in [9.17, 15) is 8.42 Å². The highest BCUT2D eigenvalue weighted by Crippen LogP contribution is 2.27. The van der Waals surface area contributed by atoms with Crippen LogP contribution < -0.4 is 4.31 Å². The molecule has 1 aliphatic rings. The van der Waals surface area contributed by atoms with Crippen molar-refractivity contribution in [3.63, 3.8) is 0 Å². The van der Waals surface area contributed by atoms with Gasteiger partial charge >= 0.3 is 0 Å².